The molecule has 1 aliphatic rings. The maximum Gasteiger partial charge on any atom is 0.128 e. The van der Waals surface area contributed by atoms with Crippen LogP contribution < -0.4 is 9.47 Å². The van der Waals surface area contributed by atoms with Crippen LogP contribution >= 0.6 is 0 Å². The molecule has 3 rings (SSSR count). The van der Waals surface area contributed by atoms with Crippen LogP contribution in [-0.2, 0) is 20.1 Å². The van der Waals surface area contributed by atoms with E-state index >= 15 is 0 Å². The van der Waals surface area contributed by atoms with Crippen LogP contribution in [-0.4, -0.2) is 33.7 Å². The molecule has 0 unspecified atom stereocenters. The summed E-state index contributed by atoms with van der Waals surface area (Å²) in [5.74, 6) is 1.74. The lowest BCUT2D eigenvalue weighted by Gasteiger charge is -2.29. The Kier molecular flexibility index (Phi) is 3.83. The van der Waals surface area contributed by atoms with E-state index in [1.54, 1.807) is 7.11 Å². The van der Waals surface area contributed by atoms with Crippen LogP contribution in [0, 0.1) is 0 Å². The number of rotatable bonds is 3. The lowest BCUT2D eigenvalue weighted by molar-refractivity contribution is 0.0677. The lowest BCUT2D eigenvalue weighted by atomic mass is 10.1. The van der Waals surface area contributed by atoms with Crippen molar-refractivity contribution in [3.05, 3.63) is 42.0 Å². The molecule has 1 aromatic heterocycles. The van der Waals surface area contributed by atoms with E-state index in [1.165, 1.54) is 5.56 Å². The molecule has 0 N–H and O–H groups in total. The highest BCUT2D eigenvalue weighted by molar-refractivity contribution is 5.41. The standard InChI is InChI=1S/C17H23N3O2/c1-17(2)11-20(10-14-9-19(3)12-18-14)8-13-5-6-15(21-4)7-16(13)22-17/h5-7,9,12H,8,10-11H2,1-4H3. The minimum atomic E-state index is -0.258. The van der Waals surface area contributed by atoms with Crippen molar-refractivity contribution < 1.29 is 9.47 Å². The maximum absolute atomic E-state index is 6.21. The van der Waals surface area contributed by atoms with Gasteiger partial charge in [-0.1, -0.05) is 6.07 Å². The molecule has 0 atom stereocenters. The number of hydrogen-bond donors (Lipinski definition) is 0. The van der Waals surface area contributed by atoms with Crippen LogP contribution in [0.3, 0.4) is 0 Å². The van der Waals surface area contributed by atoms with E-state index in [4.69, 9.17) is 9.47 Å². The minimum Gasteiger partial charge on any atom is -0.497 e. The Balaban J connectivity index is 1.86. The van der Waals surface area contributed by atoms with Crippen LogP contribution in [0.1, 0.15) is 25.1 Å². The minimum absolute atomic E-state index is 0.258. The van der Waals surface area contributed by atoms with Crippen molar-refractivity contribution in [2.24, 2.45) is 7.05 Å². The van der Waals surface area contributed by atoms with Crippen LogP contribution in [0.2, 0.25) is 0 Å². The monoisotopic (exact) mass is 301 g/mol. The zero-order valence-corrected chi connectivity index (χ0v) is 13.7. The van der Waals surface area contributed by atoms with E-state index in [0.717, 1.165) is 36.8 Å². The number of aromatic nitrogens is 2. The highest BCUT2D eigenvalue weighted by atomic mass is 16.5. The first kappa shape index (κ1) is 14.9. The summed E-state index contributed by atoms with van der Waals surface area (Å²) < 4.78 is 13.5. The Labute approximate surface area is 131 Å². The van der Waals surface area contributed by atoms with Gasteiger partial charge in [-0.25, -0.2) is 4.98 Å². The zero-order chi connectivity index (χ0) is 15.7. The molecule has 0 amide bonds. The van der Waals surface area contributed by atoms with Crippen molar-refractivity contribution in [1.29, 1.82) is 0 Å². The lowest BCUT2D eigenvalue weighted by Crippen LogP contribution is -2.40. The van der Waals surface area contributed by atoms with Gasteiger partial charge in [-0.05, 0) is 19.9 Å². The molecule has 0 bridgehead atoms. The first-order valence-electron chi connectivity index (χ1n) is 7.50. The Bertz CT molecular complexity index is 664. The van der Waals surface area contributed by atoms with Crippen molar-refractivity contribution in [2.45, 2.75) is 32.5 Å². The van der Waals surface area contributed by atoms with E-state index in [1.807, 2.05) is 30.1 Å². The molecule has 1 aliphatic heterocycles. The molecule has 0 saturated carbocycles. The summed E-state index contributed by atoms with van der Waals surface area (Å²) in [5.41, 5.74) is 2.00. The molecule has 22 heavy (non-hydrogen) atoms. The second kappa shape index (κ2) is 5.65. The quantitative estimate of drug-likeness (QED) is 0.873. The van der Waals surface area contributed by atoms with Crippen molar-refractivity contribution >= 4 is 0 Å². The second-order valence-electron chi connectivity index (χ2n) is 6.51. The van der Waals surface area contributed by atoms with E-state index in [9.17, 15) is 0 Å². The summed E-state index contributed by atoms with van der Waals surface area (Å²) in [4.78, 5) is 6.81. The number of fused-ring (bicyclic) bond motifs is 1. The summed E-state index contributed by atoms with van der Waals surface area (Å²) in [6.45, 7) is 6.75. The number of benzene rings is 1. The van der Waals surface area contributed by atoms with Gasteiger partial charge in [-0.3, -0.25) is 4.90 Å². The van der Waals surface area contributed by atoms with Crippen molar-refractivity contribution in [3.8, 4) is 11.5 Å². The third kappa shape index (κ3) is 3.25. The van der Waals surface area contributed by atoms with Gasteiger partial charge in [0.05, 0.1) is 19.1 Å². The third-order valence-corrected chi connectivity index (χ3v) is 3.80. The molecule has 2 aromatic rings. The van der Waals surface area contributed by atoms with E-state index < -0.39 is 0 Å². The largest absolute Gasteiger partial charge is 0.497 e. The van der Waals surface area contributed by atoms with Crippen LogP contribution in [0.25, 0.3) is 0 Å². The molecule has 0 spiro atoms. The number of hydrogen-bond acceptors (Lipinski definition) is 4. The van der Waals surface area contributed by atoms with E-state index in [2.05, 4.69) is 36.0 Å². The highest BCUT2D eigenvalue weighted by Crippen LogP contribution is 2.32. The molecule has 118 valence electrons. The number of aryl methyl sites for hydroxylation is 1. The first-order chi connectivity index (χ1) is 10.4. The molecule has 5 heteroatoms. The van der Waals surface area contributed by atoms with Gasteiger partial charge in [0.15, 0.2) is 0 Å². The van der Waals surface area contributed by atoms with Gasteiger partial charge < -0.3 is 14.0 Å². The average Bonchev–Trinajstić information content (AvgIpc) is 2.79. The molecule has 0 radical (unpaired) electrons. The zero-order valence-electron chi connectivity index (χ0n) is 13.7. The van der Waals surface area contributed by atoms with Gasteiger partial charge >= 0.3 is 0 Å². The average molecular weight is 301 g/mol. The van der Waals surface area contributed by atoms with Gasteiger partial charge in [-0.2, -0.15) is 0 Å². The molecule has 0 fully saturated rings. The van der Waals surface area contributed by atoms with Crippen LogP contribution in [0.5, 0.6) is 11.5 Å². The summed E-state index contributed by atoms with van der Waals surface area (Å²) in [6.07, 6.45) is 3.90. The van der Waals surface area contributed by atoms with Crippen molar-refractivity contribution in [3.63, 3.8) is 0 Å². The second-order valence-corrected chi connectivity index (χ2v) is 6.51. The molecule has 0 aliphatic carbocycles. The summed E-state index contributed by atoms with van der Waals surface area (Å²) in [6, 6.07) is 6.04. The first-order valence-corrected chi connectivity index (χ1v) is 7.50. The van der Waals surface area contributed by atoms with E-state index in [-0.39, 0.29) is 5.60 Å². The van der Waals surface area contributed by atoms with Crippen molar-refractivity contribution in [1.82, 2.24) is 14.5 Å². The molecule has 2 heterocycles. The third-order valence-electron chi connectivity index (χ3n) is 3.80. The number of imidazole rings is 1. The number of nitrogens with zero attached hydrogens (tertiary/aromatic N) is 3. The SMILES string of the molecule is COc1ccc2c(c1)OC(C)(C)CN(Cc1cn(C)cn1)C2. The Hall–Kier alpha value is -2.01. The molecule has 5 nitrogen and oxygen atoms in total. The van der Waals surface area contributed by atoms with Crippen molar-refractivity contribution in [2.75, 3.05) is 13.7 Å². The van der Waals surface area contributed by atoms with Gasteiger partial charge in [0.1, 0.15) is 17.1 Å². The summed E-state index contributed by atoms with van der Waals surface area (Å²) >= 11 is 0. The van der Waals surface area contributed by atoms with Crippen LogP contribution in [0.4, 0.5) is 0 Å². The molecular weight excluding hydrogens is 278 g/mol. The Morgan fingerprint density at radius 3 is 2.86 bits per heavy atom. The van der Waals surface area contributed by atoms with Gasteiger partial charge in [0.25, 0.3) is 0 Å². The van der Waals surface area contributed by atoms with Gasteiger partial charge in [0.2, 0.25) is 0 Å². The predicted molar refractivity (Wildman–Crippen MR) is 85.0 cm³/mol. The van der Waals surface area contributed by atoms with Crippen LogP contribution in [0.15, 0.2) is 30.7 Å². The molecule has 1 aromatic carbocycles. The predicted octanol–water partition coefficient (Wildman–Crippen LogP) is 2.60. The van der Waals surface area contributed by atoms with E-state index in [0.29, 0.717) is 0 Å². The molecule has 0 saturated heterocycles. The fourth-order valence-electron chi connectivity index (χ4n) is 2.94. The number of ether oxygens (including phenoxy) is 2. The van der Waals surface area contributed by atoms with Gasteiger partial charge in [-0.15, -0.1) is 0 Å². The normalized spacial score (nSPS) is 17.5. The topological polar surface area (TPSA) is 39.5 Å². The Morgan fingerprint density at radius 2 is 2.18 bits per heavy atom. The Morgan fingerprint density at radius 1 is 1.36 bits per heavy atom. The molecular formula is C17H23N3O2. The highest BCUT2D eigenvalue weighted by Gasteiger charge is 2.29. The fourth-order valence-corrected chi connectivity index (χ4v) is 2.94. The number of methoxy groups -OCH3 is 1. The summed E-state index contributed by atoms with van der Waals surface area (Å²) in [7, 11) is 3.67. The smallest absolute Gasteiger partial charge is 0.128 e. The maximum atomic E-state index is 6.21. The van der Waals surface area contributed by atoms with Gasteiger partial charge in [0, 0.05) is 44.5 Å². The summed E-state index contributed by atoms with van der Waals surface area (Å²) in [5, 5.41) is 0. The fraction of sp³-hybridized carbons (Fsp3) is 0.471.